The lowest BCUT2D eigenvalue weighted by Gasteiger charge is -2.30. The minimum Gasteiger partial charge on any atom is -0.453 e. The molecule has 2 fully saturated rings. The second kappa shape index (κ2) is 16.8. The van der Waals surface area contributed by atoms with Gasteiger partial charge in [-0.3, -0.25) is 19.2 Å². The first kappa shape index (κ1) is 41.1. The van der Waals surface area contributed by atoms with Gasteiger partial charge in [0, 0.05) is 40.6 Å². The third kappa shape index (κ3) is 8.14. The Morgan fingerprint density at radius 3 is 2.10 bits per heavy atom. The van der Waals surface area contributed by atoms with Gasteiger partial charge in [0.25, 0.3) is 5.91 Å². The summed E-state index contributed by atoms with van der Waals surface area (Å²) in [7, 11) is 1.28. The lowest BCUT2D eigenvalue weighted by Crippen LogP contribution is -2.51. The molecule has 4 atom stereocenters. The number of rotatable bonds is 12. The Morgan fingerprint density at radius 1 is 0.770 bits per heavy atom. The molecule has 0 spiro atoms. The van der Waals surface area contributed by atoms with Crippen LogP contribution in [-0.4, -0.2) is 113 Å². The first-order valence-corrected chi connectivity index (χ1v) is 20.7. The van der Waals surface area contributed by atoms with Crippen LogP contribution < -0.4 is 16.0 Å². The maximum absolute atomic E-state index is 13.6. The van der Waals surface area contributed by atoms with Crippen molar-refractivity contribution in [1.29, 1.82) is 0 Å². The summed E-state index contributed by atoms with van der Waals surface area (Å²) in [6.45, 7) is 7.86. The zero-order valence-electron chi connectivity index (χ0n) is 34.7. The molecule has 320 valence electrons. The van der Waals surface area contributed by atoms with Gasteiger partial charge < -0.3 is 55.5 Å². The number of hydrogen-bond donors (Lipinski definition) is 8. The standard InChI is InChI=1S/C43H51N11O7/c1-21(2)36(51-35(56)20-55)41(58)54-13-7-9-34(54)39-48-26-11-10-25(17-30(26)49-39)45-40(57)31-16-24-14-23-15-29(46-27(23)18-28(24)47-31)32-19-44-38(50-32)33-8-6-12-53(33)42(59)37(22(3)4)52-43(60)61-5/h10-11,14-19,21-22,33-34,36-37,46-47,55H,6-9,12-13,20H2,1-5H3,(H,44,50)(H,45,57)(H,48,49)(H,51,56)(H,52,60)/t33?,34?,36-,37+/m0/s1. The third-order valence-corrected chi connectivity index (χ3v) is 11.7. The number of imidazole rings is 2. The van der Waals surface area contributed by atoms with Crippen LogP contribution in [0.5, 0.6) is 0 Å². The topological polar surface area (TPSA) is 246 Å². The predicted octanol–water partition coefficient (Wildman–Crippen LogP) is 5.01. The number of benzene rings is 2. The number of ether oxygens (including phenoxy) is 1. The molecule has 0 radical (unpaired) electrons. The number of nitrogens with zero attached hydrogens (tertiary/aromatic N) is 4. The van der Waals surface area contributed by atoms with Crippen LogP contribution in [0.4, 0.5) is 10.5 Å². The molecule has 2 aromatic carbocycles. The maximum atomic E-state index is 13.6. The molecule has 18 nitrogen and oxygen atoms in total. The van der Waals surface area contributed by atoms with Gasteiger partial charge >= 0.3 is 6.09 Å². The molecule has 61 heavy (non-hydrogen) atoms. The van der Waals surface area contributed by atoms with Crippen LogP contribution >= 0.6 is 0 Å². The van der Waals surface area contributed by atoms with Gasteiger partial charge in [0.1, 0.15) is 36.0 Å². The van der Waals surface area contributed by atoms with Crippen LogP contribution in [-0.2, 0) is 19.1 Å². The van der Waals surface area contributed by atoms with Crippen molar-refractivity contribution < 1.29 is 33.8 Å². The highest BCUT2D eigenvalue weighted by molar-refractivity contribution is 6.08. The first-order valence-electron chi connectivity index (χ1n) is 20.7. The van der Waals surface area contributed by atoms with Crippen LogP contribution in [0.1, 0.15) is 87.6 Å². The molecule has 0 saturated carbocycles. The molecule has 2 aliphatic heterocycles. The highest BCUT2D eigenvalue weighted by atomic mass is 16.5. The van der Waals surface area contributed by atoms with E-state index in [2.05, 4.69) is 40.9 Å². The van der Waals surface area contributed by atoms with Crippen molar-refractivity contribution >= 4 is 68.2 Å². The van der Waals surface area contributed by atoms with E-state index in [4.69, 9.17) is 9.72 Å². The number of aromatic nitrogens is 6. The van der Waals surface area contributed by atoms with Gasteiger partial charge in [-0.05, 0) is 80.0 Å². The lowest BCUT2D eigenvalue weighted by molar-refractivity contribution is -0.139. The number of alkyl carbamates (subject to hydrolysis) is 1. The summed E-state index contributed by atoms with van der Waals surface area (Å²) < 4.78 is 4.76. The number of H-pyrrole nitrogens is 4. The quantitative estimate of drug-likeness (QED) is 0.0825. The molecule has 8 rings (SSSR count). The van der Waals surface area contributed by atoms with Crippen LogP contribution in [0.15, 0.2) is 48.7 Å². The Morgan fingerprint density at radius 2 is 1.43 bits per heavy atom. The first-order chi connectivity index (χ1) is 29.3. The maximum Gasteiger partial charge on any atom is 0.407 e. The number of likely N-dealkylation sites (tertiary alicyclic amines) is 2. The second-order valence-corrected chi connectivity index (χ2v) is 16.6. The number of nitrogens with one attached hydrogen (secondary N) is 7. The zero-order chi connectivity index (χ0) is 43.1. The van der Waals surface area contributed by atoms with Crippen LogP contribution in [0, 0.1) is 11.8 Å². The number of anilines is 1. The number of methoxy groups -OCH3 is 1. The number of aliphatic hydroxyl groups excluding tert-OH is 1. The van der Waals surface area contributed by atoms with Gasteiger partial charge in [-0.25, -0.2) is 14.8 Å². The van der Waals surface area contributed by atoms with Crippen molar-refractivity contribution in [3.63, 3.8) is 0 Å². The van der Waals surface area contributed by atoms with E-state index < -0.39 is 30.7 Å². The monoisotopic (exact) mass is 833 g/mol. The van der Waals surface area contributed by atoms with E-state index in [1.807, 2.05) is 64.1 Å². The summed E-state index contributed by atoms with van der Waals surface area (Å²) in [6.07, 6.45) is 4.15. The van der Waals surface area contributed by atoms with Gasteiger partial charge in [0.15, 0.2) is 0 Å². The van der Waals surface area contributed by atoms with E-state index in [9.17, 15) is 29.1 Å². The molecule has 6 aromatic rings. The number of aromatic amines is 4. The van der Waals surface area contributed by atoms with Crippen LogP contribution in [0.2, 0.25) is 0 Å². The van der Waals surface area contributed by atoms with Gasteiger partial charge in [0.05, 0.1) is 47.8 Å². The highest BCUT2D eigenvalue weighted by Crippen LogP contribution is 2.35. The molecule has 4 aromatic heterocycles. The molecule has 6 heterocycles. The second-order valence-electron chi connectivity index (χ2n) is 16.6. The van der Waals surface area contributed by atoms with Crippen molar-refractivity contribution in [3.05, 3.63) is 66.0 Å². The molecular formula is C43H51N11O7. The fourth-order valence-corrected chi connectivity index (χ4v) is 8.56. The SMILES string of the molecule is COC(=O)N[C@@H](C(=O)N1CCCC1c1ncc(-c2cc3cc4cc(C(=O)Nc5ccc6nc(C7CCCN7C(=O)[C@@H](NC(=O)CO)C(C)C)[nH]c6c5)[nH]c4cc3[nH]2)[nH]1)C(C)C. The van der Waals surface area contributed by atoms with Crippen LogP contribution in [0.3, 0.4) is 0 Å². The Hall–Kier alpha value is -6.69. The third-order valence-electron chi connectivity index (χ3n) is 11.7. The molecule has 8 N–H and O–H groups in total. The number of amides is 5. The van der Waals surface area contributed by atoms with Gasteiger partial charge in [-0.15, -0.1) is 0 Å². The summed E-state index contributed by atoms with van der Waals surface area (Å²) in [6, 6.07) is 11.1. The van der Waals surface area contributed by atoms with E-state index in [1.54, 1.807) is 22.1 Å². The van der Waals surface area contributed by atoms with E-state index in [1.165, 1.54) is 7.11 Å². The van der Waals surface area contributed by atoms with Crippen molar-refractivity contribution in [2.24, 2.45) is 11.8 Å². The smallest absolute Gasteiger partial charge is 0.407 e. The Bertz CT molecular complexity index is 2590. The zero-order valence-corrected chi connectivity index (χ0v) is 34.7. The summed E-state index contributed by atoms with van der Waals surface area (Å²) in [5.74, 6) is -0.311. The summed E-state index contributed by atoms with van der Waals surface area (Å²) in [4.78, 5) is 91.1. The largest absolute Gasteiger partial charge is 0.453 e. The predicted molar refractivity (Wildman–Crippen MR) is 227 cm³/mol. The molecule has 0 aliphatic carbocycles. The van der Waals surface area contributed by atoms with Crippen molar-refractivity contribution in [2.75, 3.05) is 32.1 Å². The summed E-state index contributed by atoms with van der Waals surface area (Å²) in [5.41, 5.74) is 5.56. The highest BCUT2D eigenvalue weighted by Gasteiger charge is 2.39. The average Bonchev–Trinajstić information content (AvgIpc) is 4.10. The van der Waals surface area contributed by atoms with Crippen molar-refractivity contribution in [3.8, 4) is 11.4 Å². The number of carbonyl (C=O) groups is 5. The number of fused-ring (bicyclic) bond motifs is 3. The molecule has 2 unspecified atom stereocenters. The minimum atomic E-state index is -0.767. The number of hydrogen-bond acceptors (Lipinski definition) is 9. The van der Waals surface area contributed by atoms with Gasteiger partial charge in [-0.2, -0.15) is 0 Å². The van der Waals surface area contributed by atoms with E-state index >= 15 is 0 Å². The summed E-state index contributed by atoms with van der Waals surface area (Å²) in [5, 5.41) is 19.4. The Kier molecular flexibility index (Phi) is 11.3. The number of carbonyl (C=O) groups excluding carboxylic acids is 5. The van der Waals surface area contributed by atoms with Crippen molar-refractivity contribution in [2.45, 2.75) is 77.5 Å². The fraction of sp³-hybridized carbons (Fsp3) is 0.419. The molecule has 0 bridgehead atoms. The average molecular weight is 834 g/mol. The van der Waals surface area contributed by atoms with E-state index in [-0.39, 0.29) is 41.6 Å². The van der Waals surface area contributed by atoms with Crippen LogP contribution in [0.25, 0.3) is 44.2 Å². The minimum absolute atomic E-state index is 0.132. The normalized spacial score (nSPS) is 17.8. The van der Waals surface area contributed by atoms with E-state index in [0.29, 0.717) is 53.6 Å². The fourth-order valence-electron chi connectivity index (χ4n) is 8.56. The van der Waals surface area contributed by atoms with Crippen molar-refractivity contribution in [1.82, 2.24) is 50.3 Å². The lowest BCUT2D eigenvalue weighted by atomic mass is 10.0. The Labute approximate surface area is 350 Å². The molecule has 18 heteroatoms. The molecule has 2 saturated heterocycles. The molecule has 2 aliphatic rings. The summed E-state index contributed by atoms with van der Waals surface area (Å²) >= 11 is 0. The van der Waals surface area contributed by atoms with Gasteiger partial charge in [0.2, 0.25) is 17.7 Å². The van der Waals surface area contributed by atoms with Gasteiger partial charge in [-0.1, -0.05) is 27.7 Å². The number of aliphatic hydroxyl groups is 1. The molecular weight excluding hydrogens is 783 g/mol. The Balaban J connectivity index is 0.946. The molecule has 5 amide bonds. The van der Waals surface area contributed by atoms with E-state index in [0.717, 1.165) is 52.5 Å².